The Kier molecular flexibility index (Phi) is 5.87. The highest BCUT2D eigenvalue weighted by Gasteiger charge is 2.20. The third-order valence-corrected chi connectivity index (χ3v) is 5.75. The Bertz CT molecular complexity index is 867. The molecule has 0 unspecified atom stereocenters. The van der Waals surface area contributed by atoms with Crippen LogP contribution in [-0.4, -0.2) is 16.5 Å². The van der Waals surface area contributed by atoms with E-state index in [0.29, 0.717) is 0 Å². The van der Waals surface area contributed by atoms with Gasteiger partial charge < -0.3 is 9.88 Å². The Morgan fingerprint density at radius 2 is 1.88 bits per heavy atom. The Hall–Kier alpha value is -2.00. The highest BCUT2D eigenvalue weighted by atomic mass is 35.5. The van der Waals surface area contributed by atoms with Gasteiger partial charge in [0.25, 0.3) is 0 Å². The van der Waals surface area contributed by atoms with Crippen LogP contribution in [0.3, 0.4) is 0 Å². The third-order valence-electron chi connectivity index (χ3n) is 5.75. The summed E-state index contributed by atoms with van der Waals surface area (Å²) in [6.07, 6.45) is 8.85. The molecule has 2 aromatic heterocycles. The van der Waals surface area contributed by atoms with E-state index in [4.69, 9.17) is 4.98 Å². The van der Waals surface area contributed by atoms with Crippen molar-refractivity contribution in [3.63, 3.8) is 0 Å². The van der Waals surface area contributed by atoms with Crippen molar-refractivity contribution >= 4 is 29.1 Å². The molecule has 3 aromatic rings. The van der Waals surface area contributed by atoms with Gasteiger partial charge in [0.1, 0.15) is 0 Å². The van der Waals surface area contributed by atoms with E-state index in [1.165, 1.54) is 40.4 Å². The van der Waals surface area contributed by atoms with Crippen LogP contribution < -0.4 is 4.90 Å². The Balaban J connectivity index is 0.00000196. The number of fused-ring (bicyclic) bond motifs is 2. The van der Waals surface area contributed by atoms with Gasteiger partial charge in [-0.05, 0) is 41.5 Å². The lowest BCUT2D eigenvalue weighted by atomic mass is 9.94. The highest BCUT2D eigenvalue weighted by Crippen LogP contribution is 2.31. The van der Waals surface area contributed by atoms with Gasteiger partial charge in [-0.25, -0.2) is 4.98 Å². The predicted octanol–water partition coefficient (Wildman–Crippen LogP) is 5.53. The zero-order chi connectivity index (χ0) is 17.2. The predicted molar refractivity (Wildman–Crippen MR) is 112 cm³/mol. The summed E-state index contributed by atoms with van der Waals surface area (Å²) >= 11 is 0. The first kappa shape index (κ1) is 18.8. The lowest BCUT2D eigenvalue weighted by Crippen LogP contribution is -2.31. The van der Waals surface area contributed by atoms with Crippen LogP contribution in [-0.2, 0) is 19.4 Å². The third kappa shape index (κ3) is 3.45. The van der Waals surface area contributed by atoms with Crippen LogP contribution >= 0.6 is 12.4 Å². The Labute approximate surface area is 162 Å². The van der Waals surface area contributed by atoms with E-state index in [9.17, 15) is 0 Å². The van der Waals surface area contributed by atoms with Crippen LogP contribution in [0.4, 0.5) is 5.82 Å². The summed E-state index contributed by atoms with van der Waals surface area (Å²) in [6, 6.07) is 11.0. The topological polar surface area (TPSA) is 31.9 Å². The van der Waals surface area contributed by atoms with Crippen molar-refractivity contribution in [1.82, 2.24) is 9.97 Å². The first-order chi connectivity index (χ1) is 12.3. The molecule has 0 amide bonds. The summed E-state index contributed by atoms with van der Waals surface area (Å²) in [6.45, 7) is 6.55. The van der Waals surface area contributed by atoms with E-state index in [-0.39, 0.29) is 12.4 Å². The molecular formula is C22H28ClN3. The quantitative estimate of drug-likeness (QED) is 0.641. The standard InChI is InChI=1S/C22H27N3.ClH/c1-3-16(4-2)13-19-14-24-22(21-20(19)9-11-23-21)25-12-10-17-7-5-6-8-18(17)15-25;/h5-9,11,14,16,23H,3-4,10,12-13,15H2,1-2H3;1H. The fourth-order valence-electron chi connectivity index (χ4n) is 4.06. The summed E-state index contributed by atoms with van der Waals surface area (Å²) in [5.74, 6) is 1.84. The number of aromatic amines is 1. The molecule has 0 saturated carbocycles. The number of aromatic nitrogens is 2. The van der Waals surface area contributed by atoms with E-state index in [2.05, 4.69) is 66.5 Å². The molecule has 4 heteroatoms. The van der Waals surface area contributed by atoms with Crippen LogP contribution in [0.15, 0.2) is 42.7 Å². The largest absolute Gasteiger partial charge is 0.358 e. The molecule has 138 valence electrons. The number of rotatable bonds is 5. The molecule has 1 aromatic carbocycles. The van der Waals surface area contributed by atoms with Crippen molar-refractivity contribution in [2.45, 2.75) is 46.1 Å². The second kappa shape index (κ2) is 8.13. The molecular weight excluding hydrogens is 342 g/mol. The maximum atomic E-state index is 4.89. The van der Waals surface area contributed by atoms with E-state index in [0.717, 1.165) is 37.7 Å². The second-order valence-electron chi connectivity index (χ2n) is 7.20. The first-order valence-electron chi connectivity index (χ1n) is 9.56. The van der Waals surface area contributed by atoms with Gasteiger partial charge in [0.05, 0.1) is 5.52 Å². The number of halogens is 1. The van der Waals surface area contributed by atoms with Crippen molar-refractivity contribution in [1.29, 1.82) is 0 Å². The number of nitrogens with one attached hydrogen (secondary N) is 1. The number of anilines is 1. The van der Waals surface area contributed by atoms with Crippen molar-refractivity contribution in [2.75, 3.05) is 11.4 Å². The van der Waals surface area contributed by atoms with Crippen molar-refractivity contribution in [3.05, 3.63) is 59.4 Å². The monoisotopic (exact) mass is 369 g/mol. The molecule has 0 atom stereocenters. The molecule has 3 nitrogen and oxygen atoms in total. The Morgan fingerprint density at radius 1 is 1.12 bits per heavy atom. The maximum Gasteiger partial charge on any atom is 0.153 e. The fourth-order valence-corrected chi connectivity index (χ4v) is 4.06. The summed E-state index contributed by atoms with van der Waals surface area (Å²) in [5.41, 5.74) is 5.48. The number of nitrogens with zero attached hydrogens (tertiary/aromatic N) is 2. The lowest BCUT2D eigenvalue weighted by molar-refractivity contribution is 0.491. The van der Waals surface area contributed by atoms with Crippen LogP contribution in [0.25, 0.3) is 10.9 Å². The van der Waals surface area contributed by atoms with E-state index in [1.54, 1.807) is 0 Å². The molecule has 0 fully saturated rings. The van der Waals surface area contributed by atoms with Crippen molar-refractivity contribution < 1.29 is 0 Å². The van der Waals surface area contributed by atoms with E-state index < -0.39 is 0 Å². The average molecular weight is 370 g/mol. The fraction of sp³-hybridized carbons (Fsp3) is 0.409. The maximum absolute atomic E-state index is 4.89. The molecule has 0 saturated heterocycles. The second-order valence-corrected chi connectivity index (χ2v) is 7.20. The minimum atomic E-state index is 0. The molecule has 26 heavy (non-hydrogen) atoms. The minimum absolute atomic E-state index is 0. The summed E-state index contributed by atoms with van der Waals surface area (Å²) in [5, 5.41) is 1.34. The van der Waals surface area contributed by atoms with Crippen LogP contribution in [0.2, 0.25) is 0 Å². The van der Waals surface area contributed by atoms with Crippen LogP contribution in [0.5, 0.6) is 0 Å². The molecule has 0 spiro atoms. The normalized spacial score (nSPS) is 13.7. The van der Waals surface area contributed by atoms with Crippen molar-refractivity contribution in [2.24, 2.45) is 5.92 Å². The molecule has 0 aliphatic carbocycles. The first-order valence-corrected chi connectivity index (χ1v) is 9.56. The number of pyridine rings is 1. The number of H-pyrrole nitrogens is 1. The zero-order valence-electron chi connectivity index (χ0n) is 15.7. The number of hydrogen-bond acceptors (Lipinski definition) is 2. The summed E-state index contributed by atoms with van der Waals surface area (Å²) in [7, 11) is 0. The number of hydrogen-bond donors (Lipinski definition) is 1. The van der Waals surface area contributed by atoms with Crippen molar-refractivity contribution in [3.8, 4) is 0 Å². The van der Waals surface area contributed by atoms with Gasteiger partial charge in [0, 0.05) is 30.9 Å². The Morgan fingerprint density at radius 3 is 2.65 bits per heavy atom. The smallest absolute Gasteiger partial charge is 0.153 e. The average Bonchev–Trinajstić information content (AvgIpc) is 3.16. The van der Waals surface area contributed by atoms with E-state index >= 15 is 0 Å². The molecule has 0 bridgehead atoms. The molecule has 3 heterocycles. The van der Waals surface area contributed by atoms with Gasteiger partial charge in [-0.3, -0.25) is 0 Å². The van der Waals surface area contributed by atoms with Gasteiger partial charge in [0.15, 0.2) is 5.82 Å². The molecule has 4 rings (SSSR count). The van der Waals surface area contributed by atoms with E-state index in [1.807, 2.05) is 0 Å². The number of benzene rings is 1. The van der Waals surface area contributed by atoms with Gasteiger partial charge in [0.2, 0.25) is 0 Å². The van der Waals surface area contributed by atoms with Gasteiger partial charge in [-0.15, -0.1) is 12.4 Å². The van der Waals surface area contributed by atoms with Gasteiger partial charge >= 0.3 is 0 Å². The van der Waals surface area contributed by atoms with Gasteiger partial charge in [-0.1, -0.05) is 51.0 Å². The SMILES string of the molecule is CCC(CC)Cc1cnc(N2CCc3ccccc3C2)c2[nH]ccc12.Cl. The molecule has 1 N–H and O–H groups in total. The van der Waals surface area contributed by atoms with Crippen LogP contribution in [0, 0.1) is 5.92 Å². The van der Waals surface area contributed by atoms with Crippen LogP contribution in [0.1, 0.15) is 43.4 Å². The summed E-state index contributed by atoms with van der Waals surface area (Å²) < 4.78 is 0. The molecule has 1 aliphatic heterocycles. The molecule has 1 aliphatic rings. The highest BCUT2D eigenvalue weighted by molar-refractivity contribution is 5.91. The van der Waals surface area contributed by atoms with Gasteiger partial charge in [-0.2, -0.15) is 0 Å². The summed E-state index contributed by atoms with van der Waals surface area (Å²) in [4.78, 5) is 10.8. The minimum Gasteiger partial charge on any atom is -0.358 e. The lowest BCUT2D eigenvalue weighted by Gasteiger charge is -2.30. The zero-order valence-corrected chi connectivity index (χ0v) is 16.5. The molecule has 0 radical (unpaired) electrons.